The number of oxazole rings is 1. The van der Waals surface area contributed by atoms with Gasteiger partial charge in [0.05, 0.1) is 16.5 Å². The van der Waals surface area contributed by atoms with Crippen molar-refractivity contribution < 1.29 is 9.21 Å². The van der Waals surface area contributed by atoms with Crippen LogP contribution < -0.4 is 10.5 Å². The van der Waals surface area contributed by atoms with Crippen LogP contribution in [0.3, 0.4) is 0 Å². The second kappa shape index (κ2) is 8.67. The molecule has 0 spiro atoms. The summed E-state index contributed by atoms with van der Waals surface area (Å²) in [5.41, 5.74) is 2.74. The highest BCUT2D eigenvalue weighted by atomic mass is 16.3. The van der Waals surface area contributed by atoms with E-state index >= 15 is 0 Å². The number of para-hydroxylation sites is 1. The summed E-state index contributed by atoms with van der Waals surface area (Å²) in [5, 5.41) is 10.2. The van der Waals surface area contributed by atoms with E-state index in [-0.39, 0.29) is 11.5 Å². The van der Waals surface area contributed by atoms with Crippen LogP contribution in [0.15, 0.2) is 75.9 Å². The van der Waals surface area contributed by atoms with Crippen molar-refractivity contribution in [2.45, 2.75) is 0 Å². The van der Waals surface area contributed by atoms with Gasteiger partial charge in [-0.05, 0) is 36.4 Å². The minimum Gasteiger partial charge on any atom is -0.436 e. The Labute approximate surface area is 205 Å². The summed E-state index contributed by atoms with van der Waals surface area (Å²) in [6.45, 7) is 1.92. The zero-order valence-electron chi connectivity index (χ0n) is 19.1. The molecule has 176 valence electrons. The molecule has 6 rings (SSSR count). The molecule has 3 heterocycles. The molecule has 3 aromatic carbocycles. The van der Waals surface area contributed by atoms with Crippen LogP contribution in [0, 0.1) is 11.3 Å². The third-order valence-electron chi connectivity index (χ3n) is 6.35. The van der Waals surface area contributed by atoms with Crippen LogP contribution in [0.1, 0.15) is 15.9 Å². The molecule has 0 bridgehead atoms. The van der Waals surface area contributed by atoms with E-state index in [0.717, 1.165) is 5.56 Å². The van der Waals surface area contributed by atoms with E-state index < -0.39 is 0 Å². The van der Waals surface area contributed by atoms with E-state index in [2.05, 4.69) is 21.0 Å². The number of H-pyrrole nitrogens is 1. The maximum absolute atomic E-state index is 13.3. The summed E-state index contributed by atoms with van der Waals surface area (Å²) >= 11 is 0. The van der Waals surface area contributed by atoms with Gasteiger partial charge in [0.15, 0.2) is 5.58 Å². The average Bonchev–Trinajstić information content (AvgIpc) is 3.37. The smallest absolute Gasteiger partial charge is 0.260 e. The number of nitriles is 1. The normalized spacial score (nSPS) is 13.8. The molecule has 0 saturated carbocycles. The summed E-state index contributed by atoms with van der Waals surface area (Å²) in [7, 11) is 0. The lowest BCUT2D eigenvalue weighted by atomic mass is 10.1. The van der Waals surface area contributed by atoms with Crippen molar-refractivity contribution in [3.05, 3.63) is 88.2 Å². The van der Waals surface area contributed by atoms with Crippen molar-refractivity contribution in [2.75, 3.05) is 31.1 Å². The van der Waals surface area contributed by atoms with Gasteiger partial charge in [-0.2, -0.15) is 5.26 Å². The van der Waals surface area contributed by atoms with Gasteiger partial charge in [0, 0.05) is 37.3 Å². The Balaban J connectivity index is 1.23. The van der Waals surface area contributed by atoms with Gasteiger partial charge < -0.3 is 14.2 Å². The van der Waals surface area contributed by atoms with Crippen molar-refractivity contribution in [2.24, 2.45) is 0 Å². The Morgan fingerprint density at radius 3 is 2.50 bits per heavy atom. The van der Waals surface area contributed by atoms with Crippen LogP contribution in [0.4, 0.5) is 5.95 Å². The van der Waals surface area contributed by atoms with Crippen molar-refractivity contribution in [3.63, 3.8) is 0 Å². The molecule has 1 fully saturated rings. The van der Waals surface area contributed by atoms with Gasteiger partial charge in [-0.25, -0.2) is 9.97 Å². The van der Waals surface area contributed by atoms with Crippen molar-refractivity contribution in [1.82, 2.24) is 19.9 Å². The largest absolute Gasteiger partial charge is 0.436 e. The summed E-state index contributed by atoms with van der Waals surface area (Å²) < 4.78 is 5.91. The minimum atomic E-state index is -0.189. The number of carbonyl (C=O) groups excluding carboxylic acids is 1. The fourth-order valence-electron chi connectivity index (χ4n) is 4.47. The van der Waals surface area contributed by atoms with Gasteiger partial charge in [0.2, 0.25) is 11.8 Å². The van der Waals surface area contributed by atoms with Crippen LogP contribution in [0.25, 0.3) is 33.5 Å². The van der Waals surface area contributed by atoms with Crippen molar-refractivity contribution in [3.8, 4) is 17.5 Å². The molecule has 9 heteroatoms. The number of nitrogens with zero attached hydrogens (tertiary/aromatic N) is 5. The van der Waals surface area contributed by atoms with Crippen molar-refractivity contribution in [1.29, 1.82) is 5.26 Å². The first-order valence-corrected chi connectivity index (χ1v) is 11.5. The molecule has 1 aliphatic heterocycles. The number of piperazine rings is 1. The monoisotopic (exact) mass is 476 g/mol. The van der Waals surface area contributed by atoms with E-state index in [0.29, 0.717) is 71.1 Å². The van der Waals surface area contributed by atoms with Gasteiger partial charge in [-0.15, -0.1) is 0 Å². The highest BCUT2D eigenvalue weighted by Crippen LogP contribution is 2.28. The van der Waals surface area contributed by atoms with Crippen LogP contribution in [-0.4, -0.2) is 51.9 Å². The molecule has 1 amide bonds. The maximum atomic E-state index is 13.3. The number of aromatic nitrogens is 3. The molecule has 1 aliphatic rings. The number of carbonyl (C=O) groups is 1. The Kier molecular flexibility index (Phi) is 5.19. The number of nitrogens with one attached hydrogen (secondary N) is 1. The summed E-state index contributed by atoms with van der Waals surface area (Å²) in [4.78, 5) is 41.4. The quantitative estimate of drug-likeness (QED) is 0.423. The topological polar surface area (TPSA) is 119 Å². The van der Waals surface area contributed by atoms with Gasteiger partial charge in [-0.3, -0.25) is 14.6 Å². The fraction of sp³-hybridized carbons (Fsp3) is 0.148. The van der Waals surface area contributed by atoms with E-state index in [1.54, 1.807) is 29.2 Å². The summed E-state index contributed by atoms with van der Waals surface area (Å²) in [6.07, 6.45) is 0. The molecule has 1 N–H and O–H groups in total. The fourth-order valence-corrected chi connectivity index (χ4v) is 4.47. The third kappa shape index (κ3) is 3.75. The predicted molar refractivity (Wildman–Crippen MR) is 135 cm³/mol. The lowest BCUT2D eigenvalue weighted by Gasteiger charge is -2.35. The molecule has 1 saturated heterocycles. The van der Waals surface area contributed by atoms with Crippen LogP contribution in [0.2, 0.25) is 0 Å². The van der Waals surface area contributed by atoms with Crippen LogP contribution in [-0.2, 0) is 0 Å². The predicted octanol–water partition coefficient (Wildman–Crippen LogP) is 3.57. The number of anilines is 1. The second-order valence-corrected chi connectivity index (χ2v) is 8.55. The summed E-state index contributed by atoms with van der Waals surface area (Å²) in [6, 6.07) is 22.0. The first kappa shape index (κ1) is 21.6. The second-order valence-electron chi connectivity index (χ2n) is 8.55. The van der Waals surface area contributed by atoms with E-state index in [4.69, 9.17) is 4.42 Å². The third-order valence-corrected chi connectivity index (χ3v) is 6.35. The number of rotatable bonds is 3. The lowest BCUT2D eigenvalue weighted by molar-refractivity contribution is 0.0746. The van der Waals surface area contributed by atoms with Crippen LogP contribution >= 0.6 is 0 Å². The average molecular weight is 476 g/mol. The van der Waals surface area contributed by atoms with Gasteiger partial charge in [-0.1, -0.05) is 30.3 Å². The Bertz CT molecular complexity index is 1710. The Morgan fingerprint density at radius 2 is 1.72 bits per heavy atom. The standard InChI is InChI=1S/C27H20N6O3/c28-16-19-14-18(15-22-23(19)30-25(36-22)17-6-2-1-3-7-17)26(35)32-10-12-33(13-11-32)27-29-21-9-5-4-8-20(21)24(34)31-27/h1-9,14-15H,10-13H2,(H,29,31,34). The molecule has 0 atom stereocenters. The highest BCUT2D eigenvalue weighted by Gasteiger charge is 2.25. The molecule has 5 aromatic rings. The van der Waals surface area contributed by atoms with E-state index in [1.165, 1.54) is 0 Å². The first-order chi connectivity index (χ1) is 17.6. The molecule has 0 unspecified atom stereocenters. The molecule has 2 aromatic heterocycles. The number of benzene rings is 3. The number of amides is 1. The number of aromatic amines is 1. The number of hydrogen-bond donors (Lipinski definition) is 1. The molecule has 0 radical (unpaired) electrons. The molecule has 0 aliphatic carbocycles. The Morgan fingerprint density at radius 1 is 0.972 bits per heavy atom. The van der Waals surface area contributed by atoms with E-state index in [1.807, 2.05) is 47.4 Å². The van der Waals surface area contributed by atoms with Gasteiger partial charge in [0.25, 0.3) is 11.5 Å². The van der Waals surface area contributed by atoms with Gasteiger partial charge in [0.1, 0.15) is 11.6 Å². The minimum absolute atomic E-state index is 0.187. The number of fused-ring (bicyclic) bond motifs is 2. The van der Waals surface area contributed by atoms with E-state index in [9.17, 15) is 14.9 Å². The zero-order valence-corrected chi connectivity index (χ0v) is 19.1. The Hall–Kier alpha value is -4.97. The summed E-state index contributed by atoms with van der Waals surface area (Å²) in [5.74, 6) is 0.706. The van der Waals surface area contributed by atoms with Crippen LogP contribution in [0.5, 0.6) is 0 Å². The molecule has 36 heavy (non-hydrogen) atoms. The molecular formula is C27H20N6O3. The molecule has 9 nitrogen and oxygen atoms in total. The first-order valence-electron chi connectivity index (χ1n) is 11.5. The SMILES string of the molecule is N#Cc1cc(C(=O)N2CCN(c3nc4ccccc4c(=O)[nH]3)CC2)cc2oc(-c3ccccc3)nc12. The molecular weight excluding hydrogens is 456 g/mol. The maximum Gasteiger partial charge on any atom is 0.260 e. The van der Waals surface area contributed by atoms with Crippen molar-refractivity contribution >= 4 is 33.9 Å². The number of hydrogen-bond acceptors (Lipinski definition) is 7. The highest BCUT2D eigenvalue weighted by molar-refractivity contribution is 5.99. The van der Waals surface area contributed by atoms with Gasteiger partial charge >= 0.3 is 0 Å². The zero-order chi connectivity index (χ0) is 24.6. The lowest BCUT2D eigenvalue weighted by Crippen LogP contribution is -2.49.